The lowest BCUT2D eigenvalue weighted by atomic mass is 10.1. The van der Waals surface area contributed by atoms with Gasteiger partial charge in [0.25, 0.3) is 0 Å². The second-order valence-electron chi connectivity index (χ2n) is 6.10. The van der Waals surface area contributed by atoms with Crippen LogP contribution in [-0.2, 0) is 16.6 Å². The maximum Gasteiger partial charge on any atom is 0.240 e. The fourth-order valence-corrected chi connectivity index (χ4v) is 4.90. The number of fused-ring (bicyclic) bond motifs is 1. The fourth-order valence-electron chi connectivity index (χ4n) is 2.78. The van der Waals surface area contributed by atoms with Crippen LogP contribution >= 0.6 is 11.3 Å². The second-order valence-corrected chi connectivity index (χ2v) is 8.95. The number of nitrogens with zero attached hydrogens (tertiary/aromatic N) is 2. The summed E-state index contributed by atoms with van der Waals surface area (Å²) in [7, 11) is -3.61. The topological polar surface area (TPSA) is 72.0 Å². The van der Waals surface area contributed by atoms with Crippen LogP contribution in [0.25, 0.3) is 21.3 Å². The van der Waals surface area contributed by atoms with Crippen molar-refractivity contribution in [2.75, 3.05) is 0 Å². The van der Waals surface area contributed by atoms with E-state index in [1.165, 1.54) is 11.3 Å². The number of hydrogen-bond donors (Lipinski definition) is 1. The zero-order valence-corrected chi connectivity index (χ0v) is 16.2. The van der Waals surface area contributed by atoms with Gasteiger partial charge < -0.3 is 0 Å². The van der Waals surface area contributed by atoms with E-state index < -0.39 is 10.0 Å². The molecule has 0 radical (unpaired) electrons. The molecule has 136 valence electrons. The number of thiazole rings is 1. The quantitative estimate of drug-likeness (QED) is 0.551. The van der Waals surface area contributed by atoms with Crippen LogP contribution in [0.5, 0.6) is 0 Å². The maximum absolute atomic E-state index is 12.7. The van der Waals surface area contributed by atoms with Crippen molar-refractivity contribution in [1.82, 2.24) is 14.7 Å². The third-order valence-corrected chi connectivity index (χ3v) is 6.86. The molecule has 0 fully saturated rings. The minimum Gasteiger partial charge on any atom is -0.264 e. The van der Waals surface area contributed by atoms with Crippen LogP contribution in [0, 0.1) is 6.92 Å². The lowest BCUT2D eigenvalue weighted by Crippen LogP contribution is -2.23. The standard InChI is InChI=1S/C20H17N3O2S2/c1-14-19(26-20(23-14)17-7-4-10-21-12-17)13-22-27(24,25)18-9-8-15-5-2-3-6-16(15)11-18/h2-12,22H,13H2,1H3. The third kappa shape index (κ3) is 3.75. The number of pyridine rings is 1. The molecule has 0 aliphatic rings. The summed E-state index contributed by atoms with van der Waals surface area (Å²) in [6.07, 6.45) is 3.46. The number of benzene rings is 2. The Morgan fingerprint density at radius 2 is 1.85 bits per heavy atom. The van der Waals surface area contributed by atoms with Crippen LogP contribution in [0.2, 0.25) is 0 Å². The predicted molar refractivity (Wildman–Crippen MR) is 108 cm³/mol. The van der Waals surface area contributed by atoms with E-state index in [0.717, 1.165) is 31.9 Å². The van der Waals surface area contributed by atoms with Crippen LogP contribution in [0.1, 0.15) is 10.6 Å². The Balaban J connectivity index is 1.56. The predicted octanol–water partition coefficient (Wildman–Crippen LogP) is 4.15. The summed E-state index contributed by atoms with van der Waals surface area (Å²) in [6, 6.07) is 16.6. The maximum atomic E-state index is 12.7. The molecule has 0 bridgehead atoms. The summed E-state index contributed by atoms with van der Waals surface area (Å²) < 4.78 is 28.1. The molecular formula is C20H17N3O2S2. The molecule has 2 heterocycles. The van der Waals surface area contributed by atoms with Crippen LogP contribution in [0.4, 0.5) is 0 Å². The summed E-state index contributed by atoms with van der Waals surface area (Å²) in [4.78, 5) is 9.79. The van der Waals surface area contributed by atoms with Crippen LogP contribution in [-0.4, -0.2) is 18.4 Å². The lowest BCUT2D eigenvalue weighted by molar-refractivity contribution is 0.582. The normalized spacial score (nSPS) is 11.7. The van der Waals surface area contributed by atoms with Gasteiger partial charge in [0.15, 0.2) is 0 Å². The Morgan fingerprint density at radius 1 is 1.04 bits per heavy atom. The molecule has 0 unspecified atom stereocenters. The van der Waals surface area contributed by atoms with E-state index in [2.05, 4.69) is 14.7 Å². The van der Waals surface area contributed by atoms with Crippen LogP contribution in [0.15, 0.2) is 71.9 Å². The second kappa shape index (κ2) is 7.19. The Labute approximate surface area is 161 Å². The number of aromatic nitrogens is 2. The number of rotatable bonds is 5. The molecule has 1 N–H and O–H groups in total. The first-order valence-electron chi connectivity index (χ1n) is 8.38. The molecule has 0 saturated carbocycles. The number of sulfonamides is 1. The van der Waals surface area contributed by atoms with E-state index in [0.29, 0.717) is 0 Å². The molecule has 2 aromatic carbocycles. The van der Waals surface area contributed by atoms with Gasteiger partial charge in [-0.15, -0.1) is 11.3 Å². The van der Waals surface area contributed by atoms with Gasteiger partial charge >= 0.3 is 0 Å². The van der Waals surface area contributed by atoms with Crippen molar-refractivity contribution in [2.45, 2.75) is 18.4 Å². The van der Waals surface area contributed by atoms with Gasteiger partial charge in [-0.05, 0) is 42.0 Å². The Kier molecular flexibility index (Phi) is 4.73. The molecule has 0 spiro atoms. The zero-order chi connectivity index (χ0) is 18.9. The highest BCUT2D eigenvalue weighted by molar-refractivity contribution is 7.89. The molecule has 2 aromatic heterocycles. The van der Waals surface area contributed by atoms with Crippen molar-refractivity contribution < 1.29 is 8.42 Å². The van der Waals surface area contributed by atoms with E-state index in [9.17, 15) is 8.42 Å². The smallest absolute Gasteiger partial charge is 0.240 e. The van der Waals surface area contributed by atoms with Crippen molar-refractivity contribution in [2.24, 2.45) is 0 Å². The van der Waals surface area contributed by atoms with Gasteiger partial charge in [-0.2, -0.15) is 0 Å². The summed E-state index contributed by atoms with van der Waals surface area (Å²) in [5.74, 6) is 0. The number of nitrogens with one attached hydrogen (secondary N) is 1. The average Bonchev–Trinajstić information content (AvgIpc) is 3.07. The van der Waals surface area contributed by atoms with E-state index >= 15 is 0 Å². The van der Waals surface area contributed by atoms with Gasteiger partial charge in [0.05, 0.1) is 10.6 Å². The highest BCUT2D eigenvalue weighted by Gasteiger charge is 2.17. The molecule has 0 atom stereocenters. The van der Waals surface area contributed by atoms with Gasteiger partial charge in [-0.1, -0.05) is 30.3 Å². The van der Waals surface area contributed by atoms with Crippen LogP contribution in [0.3, 0.4) is 0 Å². The molecule has 0 aliphatic carbocycles. The van der Waals surface area contributed by atoms with Crippen molar-refractivity contribution in [3.63, 3.8) is 0 Å². The van der Waals surface area contributed by atoms with Crippen molar-refractivity contribution in [3.8, 4) is 10.6 Å². The molecule has 5 nitrogen and oxygen atoms in total. The van der Waals surface area contributed by atoms with E-state index in [1.54, 1.807) is 24.5 Å². The average molecular weight is 396 g/mol. The van der Waals surface area contributed by atoms with Crippen molar-refractivity contribution in [3.05, 3.63) is 77.6 Å². The summed E-state index contributed by atoms with van der Waals surface area (Å²) in [5, 5.41) is 2.74. The van der Waals surface area contributed by atoms with E-state index in [4.69, 9.17) is 0 Å². The Bertz CT molecular complexity index is 1200. The Hall–Kier alpha value is -2.61. The van der Waals surface area contributed by atoms with E-state index in [1.807, 2.05) is 49.4 Å². The van der Waals surface area contributed by atoms with Crippen LogP contribution < -0.4 is 4.72 Å². The molecule has 0 amide bonds. The minimum absolute atomic E-state index is 0.207. The van der Waals surface area contributed by atoms with Gasteiger partial charge in [0.1, 0.15) is 5.01 Å². The fraction of sp³-hybridized carbons (Fsp3) is 0.100. The van der Waals surface area contributed by atoms with Crippen molar-refractivity contribution >= 4 is 32.1 Å². The summed E-state index contributed by atoms with van der Waals surface area (Å²) >= 11 is 1.47. The minimum atomic E-state index is -3.61. The molecule has 0 aliphatic heterocycles. The van der Waals surface area contributed by atoms with Gasteiger partial charge in [0.2, 0.25) is 10.0 Å². The summed E-state index contributed by atoms with van der Waals surface area (Å²) in [5.41, 5.74) is 1.74. The Morgan fingerprint density at radius 3 is 2.63 bits per heavy atom. The first-order chi connectivity index (χ1) is 13.0. The first-order valence-corrected chi connectivity index (χ1v) is 10.7. The zero-order valence-electron chi connectivity index (χ0n) is 14.6. The van der Waals surface area contributed by atoms with Gasteiger partial charge in [0, 0.05) is 29.4 Å². The monoisotopic (exact) mass is 395 g/mol. The number of hydrogen-bond acceptors (Lipinski definition) is 5. The van der Waals surface area contributed by atoms with Crippen molar-refractivity contribution in [1.29, 1.82) is 0 Å². The first kappa shape index (κ1) is 17.8. The third-order valence-electron chi connectivity index (χ3n) is 4.26. The SMILES string of the molecule is Cc1nc(-c2cccnc2)sc1CNS(=O)(=O)c1ccc2ccccc2c1. The molecule has 4 aromatic rings. The van der Waals surface area contributed by atoms with Gasteiger partial charge in [-0.25, -0.2) is 18.1 Å². The molecular weight excluding hydrogens is 378 g/mol. The summed E-state index contributed by atoms with van der Waals surface area (Å²) in [6.45, 7) is 2.09. The van der Waals surface area contributed by atoms with Gasteiger partial charge in [-0.3, -0.25) is 4.98 Å². The highest BCUT2D eigenvalue weighted by atomic mass is 32.2. The molecule has 27 heavy (non-hydrogen) atoms. The molecule has 0 saturated heterocycles. The lowest BCUT2D eigenvalue weighted by Gasteiger charge is -2.07. The number of aryl methyl sites for hydroxylation is 1. The highest BCUT2D eigenvalue weighted by Crippen LogP contribution is 2.27. The molecule has 4 rings (SSSR count). The molecule has 7 heteroatoms. The largest absolute Gasteiger partial charge is 0.264 e. The van der Waals surface area contributed by atoms with E-state index in [-0.39, 0.29) is 11.4 Å².